The number of aliphatic carboxylic acids is 1. The summed E-state index contributed by atoms with van der Waals surface area (Å²) >= 11 is 0. The van der Waals surface area contributed by atoms with Crippen molar-refractivity contribution < 1.29 is 19.0 Å². The van der Waals surface area contributed by atoms with Gasteiger partial charge in [-0.2, -0.15) is 5.10 Å². The van der Waals surface area contributed by atoms with E-state index in [0.717, 1.165) is 52.3 Å². The minimum atomic E-state index is -0.685. The zero-order valence-corrected chi connectivity index (χ0v) is 17.3. The number of halogens is 1. The molecule has 0 bridgehead atoms. The van der Waals surface area contributed by atoms with Crippen LogP contribution in [0.4, 0.5) is 4.39 Å². The third-order valence-corrected chi connectivity index (χ3v) is 7.91. The van der Waals surface area contributed by atoms with E-state index in [1.807, 2.05) is 12.1 Å². The number of carboxylic acid groups (broad SMARTS) is 1. The van der Waals surface area contributed by atoms with Crippen LogP contribution in [-0.4, -0.2) is 39.1 Å². The SMILES string of the molecule is O=C(O)C12CC1C2c1c(C2CCOCC2)n(-c2ccc(F)cc2)c2cc3cn[nH]c3cc12. The van der Waals surface area contributed by atoms with Gasteiger partial charge in [-0.15, -0.1) is 0 Å². The molecule has 2 aromatic heterocycles. The van der Waals surface area contributed by atoms with Crippen molar-refractivity contribution in [1.29, 1.82) is 0 Å². The standard InChI is InChI=1S/C25H22FN3O3/c26-15-1-3-16(4-2-15)29-20-9-14-12-27-28-19(14)10-17(20)21(22-18-11-25(18,22)24(30)31)23(29)13-5-7-32-8-6-13/h1-4,9-10,12-13,18,22H,5-8,11H2,(H,27,28)(H,30,31). The van der Waals surface area contributed by atoms with E-state index in [0.29, 0.717) is 13.2 Å². The quantitative estimate of drug-likeness (QED) is 0.490. The van der Waals surface area contributed by atoms with Gasteiger partial charge in [-0.05, 0) is 67.1 Å². The van der Waals surface area contributed by atoms with Crippen molar-refractivity contribution in [3.63, 3.8) is 0 Å². The summed E-state index contributed by atoms with van der Waals surface area (Å²) in [4.78, 5) is 12.1. The largest absolute Gasteiger partial charge is 0.481 e. The number of hydrogen-bond donors (Lipinski definition) is 2. The zero-order valence-electron chi connectivity index (χ0n) is 17.3. The minimum Gasteiger partial charge on any atom is -0.481 e. The van der Waals surface area contributed by atoms with Gasteiger partial charge in [0.2, 0.25) is 0 Å². The molecule has 3 aliphatic rings. The first-order chi connectivity index (χ1) is 15.6. The molecule has 3 unspecified atom stereocenters. The number of benzene rings is 2. The van der Waals surface area contributed by atoms with Crippen LogP contribution in [0.25, 0.3) is 27.5 Å². The highest BCUT2D eigenvalue weighted by Gasteiger charge is 2.84. The Balaban J connectivity index is 1.56. The number of ether oxygens (including phenoxy) is 1. The summed E-state index contributed by atoms with van der Waals surface area (Å²) in [7, 11) is 0. The summed E-state index contributed by atoms with van der Waals surface area (Å²) in [6.45, 7) is 1.38. The highest BCUT2D eigenvalue weighted by Crippen LogP contribution is 2.85. The van der Waals surface area contributed by atoms with Gasteiger partial charge < -0.3 is 14.4 Å². The van der Waals surface area contributed by atoms with E-state index in [-0.39, 0.29) is 23.6 Å². The lowest BCUT2D eigenvalue weighted by Crippen LogP contribution is -2.19. The van der Waals surface area contributed by atoms with Gasteiger partial charge in [0.1, 0.15) is 5.82 Å². The molecule has 7 rings (SSSR count). The molecule has 2 aromatic carbocycles. The molecular weight excluding hydrogens is 409 g/mol. The van der Waals surface area contributed by atoms with Crippen molar-refractivity contribution in [3.8, 4) is 5.69 Å². The lowest BCUT2D eigenvalue weighted by Gasteiger charge is -2.26. The fourth-order valence-electron chi connectivity index (χ4n) is 6.08. The monoisotopic (exact) mass is 431 g/mol. The minimum absolute atomic E-state index is 0.0300. The Labute approximate surface area is 183 Å². The normalized spacial score (nSPS) is 27.0. The first-order valence-corrected chi connectivity index (χ1v) is 11.2. The number of aromatic amines is 1. The first-order valence-electron chi connectivity index (χ1n) is 11.2. The molecule has 1 aliphatic heterocycles. The van der Waals surface area contributed by atoms with Crippen molar-refractivity contribution >= 4 is 27.8 Å². The molecule has 3 heterocycles. The second-order valence-electron chi connectivity index (χ2n) is 9.46. The van der Waals surface area contributed by atoms with Crippen LogP contribution in [0.15, 0.2) is 42.6 Å². The van der Waals surface area contributed by atoms with Gasteiger partial charge in [-0.1, -0.05) is 0 Å². The zero-order chi connectivity index (χ0) is 21.6. The van der Waals surface area contributed by atoms with Gasteiger partial charge in [0.15, 0.2) is 0 Å². The molecule has 0 radical (unpaired) electrons. The third-order valence-electron chi connectivity index (χ3n) is 7.91. The Morgan fingerprint density at radius 2 is 2.00 bits per heavy atom. The van der Waals surface area contributed by atoms with Gasteiger partial charge in [0, 0.05) is 47.2 Å². The van der Waals surface area contributed by atoms with Gasteiger partial charge in [-0.25, -0.2) is 4.39 Å². The molecule has 2 saturated carbocycles. The van der Waals surface area contributed by atoms with E-state index in [9.17, 15) is 14.3 Å². The topological polar surface area (TPSA) is 80.1 Å². The Hall–Kier alpha value is -3.19. The molecule has 162 valence electrons. The van der Waals surface area contributed by atoms with E-state index in [1.54, 1.807) is 6.20 Å². The van der Waals surface area contributed by atoms with Crippen LogP contribution in [-0.2, 0) is 9.53 Å². The predicted molar refractivity (Wildman–Crippen MR) is 117 cm³/mol. The average molecular weight is 431 g/mol. The highest BCUT2D eigenvalue weighted by atomic mass is 19.1. The maximum atomic E-state index is 13.8. The van der Waals surface area contributed by atoms with E-state index in [1.165, 1.54) is 17.8 Å². The summed E-state index contributed by atoms with van der Waals surface area (Å²) in [5.74, 6) is -0.455. The van der Waals surface area contributed by atoms with Crippen molar-refractivity contribution in [3.05, 3.63) is 59.7 Å². The molecule has 2 aliphatic carbocycles. The van der Waals surface area contributed by atoms with E-state index in [2.05, 4.69) is 26.9 Å². The Kier molecular flexibility index (Phi) is 3.56. The average Bonchev–Trinajstić information content (AvgIpc) is 3.58. The van der Waals surface area contributed by atoms with Gasteiger partial charge in [0.05, 0.1) is 22.6 Å². The molecule has 32 heavy (non-hydrogen) atoms. The highest BCUT2D eigenvalue weighted by molar-refractivity contribution is 6.01. The summed E-state index contributed by atoms with van der Waals surface area (Å²) in [6.07, 6.45) is 4.34. The smallest absolute Gasteiger partial charge is 0.310 e. The number of hydrogen-bond acceptors (Lipinski definition) is 3. The number of fused-ring (bicyclic) bond motifs is 3. The molecular formula is C25H22FN3O3. The molecule has 1 saturated heterocycles. The molecule has 3 atom stereocenters. The van der Waals surface area contributed by atoms with Gasteiger partial charge >= 0.3 is 5.97 Å². The van der Waals surface area contributed by atoms with E-state index in [4.69, 9.17) is 4.74 Å². The molecule has 0 amide bonds. The number of aromatic nitrogens is 3. The summed E-state index contributed by atoms with van der Waals surface area (Å²) in [5.41, 5.74) is 4.58. The number of nitrogens with zero attached hydrogens (tertiary/aromatic N) is 2. The van der Waals surface area contributed by atoms with Crippen molar-refractivity contribution in [2.24, 2.45) is 11.3 Å². The van der Waals surface area contributed by atoms with Crippen LogP contribution in [0.5, 0.6) is 0 Å². The second kappa shape index (κ2) is 6.19. The summed E-state index contributed by atoms with van der Waals surface area (Å²) in [6, 6.07) is 10.8. The summed E-state index contributed by atoms with van der Waals surface area (Å²) in [5, 5.41) is 19.3. The van der Waals surface area contributed by atoms with Gasteiger partial charge in [-0.3, -0.25) is 9.89 Å². The molecule has 2 N–H and O–H groups in total. The Morgan fingerprint density at radius 3 is 2.69 bits per heavy atom. The Morgan fingerprint density at radius 1 is 1.22 bits per heavy atom. The summed E-state index contributed by atoms with van der Waals surface area (Å²) < 4.78 is 21.7. The van der Waals surface area contributed by atoms with Crippen LogP contribution in [0.3, 0.4) is 0 Å². The van der Waals surface area contributed by atoms with Crippen LogP contribution in [0.1, 0.15) is 42.4 Å². The van der Waals surface area contributed by atoms with E-state index < -0.39 is 11.4 Å². The van der Waals surface area contributed by atoms with Crippen LogP contribution < -0.4 is 0 Å². The maximum absolute atomic E-state index is 13.8. The van der Waals surface area contributed by atoms with Crippen molar-refractivity contribution in [2.45, 2.75) is 31.1 Å². The fourth-order valence-corrected chi connectivity index (χ4v) is 6.08. The second-order valence-corrected chi connectivity index (χ2v) is 9.46. The molecule has 4 aromatic rings. The molecule has 0 spiro atoms. The van der Waals surface area contributed by atoms with Crippen LogP contribution in [0, 0.1) is 17.2 Å². The number of H-pyrrole nitrogens is 1. The lowest BCUT2D eigenvalue weighted by molar-refractivity contribution is -0.141. The lowest BCUT2D eigenvalue weighted by atomic mass is 9.87. The van der Waals surface area contributed by atoms with Gasteiger partial charge in [0.25, 0.3) is 0 Å². The fraction of sp³-hybridized carbons (Fsp3) is 0.360. The predicted octanol–water partition coefficient (Wildman–Crippen LogP) is 4.73. The Bertz CT molecular complexity index is 1400. The number of nitrogens with one attached hydrogen (secondary N) is 1. The third kappa shape index (κ3) is 2.32. The molecule has 3 fully saturated rings. The van der Waals surface area contributed by atoms with Crippen LogP contribution >= 0.6 is 0 Å². The van der Waals surface area contributed by atoms with Crippen molar-refractivity contribution in [1.82, 2.24) is 14.8 Å². The maximum Gasteiger partial charge on any atom is 0.310 e. The molecule has 7 heteroatoms. The van der Waals surface area contributed by atoms with E-state index >= 15 is 0 Å². The van der Waals surface area contributed by atoms with Crippen LogP contribution in [0.2, 0.25) is 0 Å². The number of carbonyl (C=O) groups is 1. The van der Waals surface area contributed by atoms with Crippen molar-refractivity contribution in [2.75, 3.05) is 13.2 Å². The number of carboxylic acids is 1. The first kappa shape index (κ1) is 18.4. The molecule has 6 nitrogen and oxygen atoms in total. The number of rotatable bonds is 4.